The van der Waals surface area contributed by atoms with E-state index in [1.807, 2.05) is 0 Å². The fraction of sp³-hybridized carbons (Fsp3) is 0.412. The maximum absolute atomic E-state index is 9.75. The quantitative estimate of drug-likeness (QED) is 0.0798. The number of hydrogen-bond acceptors (Lipinski definition) is 0. The Kier molecular flexibility index (Phi) is 15.5. The molecule has 3 aliphatic rings. The number of rotatable bonds is 17. The van der Waals surface area contributed by atoms with Crippen molar-refractivity contribution in [3.05, 3.63) is 170 Å². The molecule has 0 radical (unpaired) electrons. The molecule has 0 bridgehead atoms. The number of aryl methyl sites for hydroxylation is 2. The van der Waals surface area contributed by atoms with E-state index in [2.05, 4.69) is 212 Å². The van der Waals surface area contributed by atoms with Crippen LogP contribution in [0.25, 0.3) is 45.5 Å². The van der Waals surface area contributed by atoms with Crippen LogP contribution in [-0.4, -0.2) is 9.52 Å². The van der Waals surface area contributed by atoms with Crippen LogP contribution in [0.15, 0.2) is 114 Å². The fourth-order valence-electron chi connectivity index (χ4n) is 13.4. The van der Waals surface area contributed by atoms with Crippen LogP contribution < -0.4 is 13.6 Å². The number of fused-ring (bicyclic) bond motifs is 5. The van der Waals surface area contributed by atoms with Gasteiger partial charge >= 0.3 is 450 Å². The molecular formula is C68H83Cl2SiZr. The summed E-state index contributed by atoms with van der Waals surface area (Å²) in [7, 11) is 18.6. The van der Waals surface area contributed by atoms with Gasteiger partial charge in [-0.1, -0.05) is 0 Å². The Balaban J connectivity index is 1.42. The van der Waals surface area contributed by atoms with E-state index in [0.717, 1.165) is 38.5 Å². The van der Waals surface area contributed by atoms with E-state index in [1.165, 1.54) is 114 Å². The van der Waals surface area contributed by atoms with Gasteiger partial charge in [0.1, 0.15) is 0 Å². The standard InChI is InChI=1S/2C28H37.C12H9Si.2ClH.Zr/c2*1-8-9-22-10-11-23-13-21(12-18(2)3)14-27(23)28(22)26-16-24(19(4)5)15-25(17-26)20(6)7;1-3-7-11-9(5-1)10-6-2-4-8-12(10)13-11;;;/h2*10-11,13-20H,8-9,12H2,1-7H3;1-7H,13H2;2*1H;/q;;;;;+2/p-2. The van der Waals surface area contributed by atoms with Gasteiger partial charge in [-0.15, -0.1) is 0 Å². The summed E-state index contributed by atoms with van der Waals surface area (Å²) >= 11 is -5.85. The molecule has 2 aliphatic carbocycles. The molecule has 377 valence electrons. The number of hydrogen-bond donors (Lipinski definition) is 0. The van der Waals surface area contributed by atoms with Crippen LogP contribution in [0.5, 0.6) is 0 Å². The number of allylic oxidation sites excluding steroid dienone is 2. The summed E-state index contributed by atoms with van der Waals surface area (Å²) in [5.74, 6) is 2.51. The van der Waals surface area contributed by atoms with Gasteiger partial charge in [0.2, 0.25) is 0 Å². The first-order chi connectivity index (χ1) is 34.2. The summed E-state index contributed by atoms with van der Waals surface area (Å²) in [6.07, 6.45) is 11.4. The van der Waals surface area contributed by atoms with E-state index in [1.54, 1.807) is 0 Å². The molecule has 1 heterocycles. The molecule has 0 N–H and O–H groups in total. The van der Waals surface area contributed by atoms with Crippen LogP contribution in [0, 0.1) is 11.8 Å². The zero-order chi connectivity index (χ0) is 51.6. The predicted octanol–water partition coefficient (Wildman–Crippen LogP) is 18.5. The molecule has 1 aliphatic heterocycles. The van der Waals surface area contributed by atoms with Gasteiger partial charge < -0.3 is 0 Å². The Labute approximate surface area is 446 Å². The molecule has 0 spiro atoms. The monoisotopic (exact) mass is 1090 g/mol. The summed E-state index contributed by atoms with van der Waals surface area (Å²) in [5.41, 5.74) is 25.1. The topological polar surface area (TPSA) is 0 Å². The molecule has 0 fully saturated rings. The molecule has 0 nitrogen and oxygen atoms in total. The maximum atomic E-state index is 9.75. The molecule has 0 amide bonds. The van der Waals surface area contributed by atoms with Gasteiger partial charge in [-0.3, -0.25) is 0 Å². The van der Waals surface area contributed by atoms with Crippen molar-refractivity contribution in [2.45, 2.75) is 166 Å². The van der Waals surface area contributed by atoms with Crippen molar-refractivity contribution in [2.75, 3.05) is 0 Å². The third kappa shape index (κ3) is 9.47. The van der Waals surface area contributed by atoms with Crippen LogP contribution >= 0.6 is 17.0 Å². The normalized spacial score (nSPS) is 17.1. The van der Waals surface area contributed by atoms with Gasteiger partial charge in [-0.2, -0.15) is 0 Å². The Morgan fingerprint density at radius 3 is 1.31 bits per heavy atom. The van der Waals surface area contributed by atoms with Crippen LogP contribution in [-0.2, 0) is 29.2 Å². The Morgan fingerprint density at radius 1 is 0.486 bits per heavy atom. The second-order valence-corrected chi connectivity index (χ2v) is 46.8. The number of halogens is 2. The molecule has 6 aromatic carbocycles. The Bertz CT molecular complexity index is 2890. The summed E-state index contributed by atoms with van der Waals surface area (Å²) in [4.78, 5) is 0. The zero-order valence-corrected chi connectivity index (χ0v) is 51.7. The first-order valence-corrected chi connectivity index (χ1v) is 39.9. The van der Waals surface area contributed by atoms with Gasteiger partial charge in [-0.05, 0) is 0 Å². The zero-order valence-electron chi connectivity index (χ0n) is 46.3. The van der Waals surface area contributed by atoms with Crippen molar-refractivity contribution < 1.29 is 16.4 Å². The van der Waals surface area contributed by atoms with E-state index < -0.39 is 25.9 Å². The third-order valence-corrected chi connectivity index (χ3v) is 39.5. The first-order valence-electron chi connectivity index (χ1n) is 28.1. The minimum absolute atomic E-state index is 0.120. The number of benzene rings is 6. The van der Waals surface area contributed by atoms with Crippen LogP contribution in [0.4, 0.5) is 0 Å². The molecule has 2 atom stereocenters. The molecule has 0 aromatic heterocycles. The molecule has 2 unspecified atom stereocenters. The van der Waals surface area contributed by atoms with Crippen LogP contribution in [0.3, 0.4) is 0 Å². The Hall–Kier alpha value is -3.52. The molecule has 72 heavy (non-hydrogen) atoms. The van der Waals surface area contributed by atoms with Crippen molar-refractivity contribution >= 4 is 52.3 Å². The average Bonchev–Trinajstić information content (AvgIpc) is 4.02. The summed E-state index contributed by atoms with van der Waals surface area (Å²) in [5, 5.41) is 3.00. The molecular weight excluding hydrogens is 1010 g/mol. The van der Waals surface area contributed by atoms with Crippen LogP contribution in [0.2, 0.25) is 0 Å². The van der Waals surface area contributed by atoms with Gasteiger partial charge in [0, 0.05) is 0 Å². The second-order valence-electron chi connectivity index (χ2n) is 24.4. The van der Waals surface area contributed by atoms with Crippen molar-refractivity contribution in [3.63, 3.8) is 0 Å². The predicted molar refractivity (Wildman–Crippen MR) is 319 cm³/mol. The van der Waals surface area contributed by atoms with Gasteiger partial charge in [-0.25, -0.2) is 0 Å². The first kappa shape index (κ1) is 53.3. The van der Waals surface area contributed by atoms with Gasteiger partial charge in [0.05, 0.1) is 0 Å². The minimum atomic E-state index is -5.85. The van der Waals surface area contributed by atoms with Gasteiger partial charge in [0.25, 0.3) is 0 Å². The second kappa shape index (κ2) is 20.9. The van der Waals surface area contributed by atoms with E-state index in [-0.39, 0.29) is 7.25 Å². The van der Waals surface area contributed by atoms with E-state index in [0.29, 0.717) is 35.5 Å². The summed E-state index contributed by atoms with van der Waals surface area (Å²) < 4.78 is 1.09. The van der Waals surface area contributed by atoms with Crippen molar-refractivity contribution in [1.29, 1.82) is 0 Å². The Morgan fingerprint density at radius 2 is 0.903 bits per heavy atom. The van der Waals surface area contributed by atoms with Crippen LogP contribution in [0.1, 0.15) is 209 Å². The van der Waals surface area contributed by atoms with Crippen molar-refractivity contribution in [2.24, 2.45) is 11.8 Å². The average molecular weight is 1090 g/mol. The van der Waals surface area contributed by atoms with Crippen molar-refractivity contribution in [1.82, 2.24) is 0 Å². The molecule has 4 heteroatoms. The third-order valence-electron chi connectivity index (χ3n) is 16.7. The molecule has 6 aromatic rings. The fourth-order valence-corrected chi connectivity index (χ4v) is 41.2. The SMILES string of the molecule is CCCc1ccc2c(c1-c1cc(C(C)C)cc(C(C)C)c1)C=C(CC(C)C)[CH]2[Zr]([Cl])([Cl])([c]1cccc2c1[SiH2]c1ccccc1-2)[CH]1C(CC(C)C)=Cc2c1ccc(CCC)c2-c1cc(C(C)C)cc(C(C)C)c1. The molecule has 9 rings (SSSR count). The van der Waals surface area contributed by atoms with E-state index >= 15 is 0 Å². The van der Waals surface area contributed by atoms with E-state index in [4.69, 9.17) is 0 Å². The molecule has 0 saturated carbocycles. The summed E-state index contributed by atoms with van der Waals surface area (Å²) in [6.45, 7) is 33.0. The van der Waals surface area contributed by atoms with Gasteiger partial charge in [0.15, 0.2) is 0 Å². The molecule has 0 saturated heterocycles. The van der Waals surface area contributed by atoms with Crippen molar-refractivity contribution in [3.8, 4) is 33.4 Å². The summed E-state index contributed by atoms with van der Waals surface area (Å²) in [6, 6.07) is 41.4. The van der Waals surface area contributed by atoms with E-state index in [9.17, 15) is 17.0 Å².